The number of hydrogen-bond acceptors (Lipinski definition) is 7. The highest BCUT2D eigenvalue weighted by Gasteiger charge is 2.21. The molecule has 1 atom stereocenters. The Morgan fingerprint density at radius 2 is 1.36 bits per heavy atom. The molecule has 0 aromatic heterocycles. The summed E-state index contributed by atoms with van der Waals surface area (Å²) < 4.78 is 25.8. The Labute approximate surface area is 223 Å². The van der Waals surface area contributed by atoms with E-state index in [1.165, 1.54) is 57.8 Å². The Morgan fingerprint density at radius 1 is 0.833 bits per heavy atom. The van der Waals surface area contributed by atoms with Gasteiger partial charge >= 0.3 is 13.8 Å². The van der Waals surface area contributed by atoms with Crippen LogP contribution in [0.5, 0.6) is 0 Å². The quantitative estimate of drug-likeness (QED) is 0.0458. The van der Waals surface area contributed by atoms with Gasteiger partial charge in [-0.1, -0.05) is 96.8 Å². The van der Waals surface area contributed by atoms with Crippen LogP contribution in [0.3, 0.4) is 0 Å². The van der Waals surface area contributed by atoms with Crippen molar-refractivity contribution in [2.24, 2.45) is 0 Å². The van der Waals surface area contributed by atoms with Crippen LogP contribution in [0, 0.1) is 0 Å². The zero-order valence-electron chi connectivity index (χ0n) is 22.4. The van der Waals surface area contributed by atoms with Gasteiger partial charge in [0.2, 0.25) is 0 Å². The van der Waals surface area contributed by atoms with Gasteiger partial charge in [0.05, 0.1) is 13.2 Å². The van der Waals surface area contributed by atoms with E-state index in [0.717, 1.165) is 57.1 Å². The lowest BCUT2D eigenvalue weighted by molar-refractivity contribution is -0.149. The van der Waals surface area contributed by atoms with Crippen molar-refractivity contribution in [2.45, 2.75) is 129 Å². The van der Waals surface area contributed by atoms with Gasteiger partial charge in [-0.05, 0) is 25.0 Å². The van der Waals surface area contributed by atoms with Gasteiger partial charge in [-0.15, -0.1) is 0 Å². The van der Waals surface area contributed by atoms with E-state index in [1.807, 2.05) is 0 Å². The lowest BCUT2D eigenvalue weighted by Gasteiger charge is -2.18. The monoisotopic (exact) mass is 554 g/mol. The van der Waals surface area contributed by atoms with E-state index >= 15 is 0 Å². The van der Waals surface area contributed by atoms with E-state index in [2.05, 4.69) is 16.2 Å². The maximum Gasteiger partial charge on any atom is 0.469 e. The normalized spacial score (nSPS) is 12.4. The topological polar surface area (TPSA) is 119 Å². The summed E-state index contributed by atoms with van der Waals surface area (Å²) in [7, 11) is -4.61. The Hall–Kier alpha value is -0.600. The molecule has 0 spiro atoms. The van der Waals surface area contributed by atoms with Crippen molar-refractivity contribution in [1.82, 2.24) is 0 Å². The van der Waals surface area contributed by atoms with E-state index in [4.69, 9.17) is 14.5 Å². The molecule has 0 fully saturated rings. The SMILES string of the molecule is CCCCCCCCCCCCCCC(=O)O[C@H](COP(=O)(O)O)CSCCCCCCCOC=O. The molecule has 0 aromatic carbocycles. The smallest absolute Gasteiger partial charge is 0.468 e. The molecular weight excluding hydrogens is 503 g/mol. The molecule has 0 saturated carbocycles. The van der Waals surface area contributed by atoms with Crippen LogP contribution in [0.25, 0.3) is 0 Å². The van der Waals surface area contributed by atoms with Crippen LogP contribution in [-0.2, 0) is 28.2 Å². The van der Waals surface area contributed by atoms with Gasteiger partial charge in [-0.25, -0.2) is 4.57 Å². The van der Waals surface area contributed by atoms with Crippen LogP contribution in [0.2, 0.25) is 0 Å². The van der Waals surface area contributed by atoms with Crippen molar-refractivity contribution >= 4 is 32.0 Å². The molecule has 214 valence electrons. The number of rotatable bonds is 28. The van der Waals surface area contributed by atoms with Gasteiger partial charge in [0.25, 0.3) is 6.47 Å². The van der Waals surface area contributed by atoms with Gasteiger partial charge in [-0.3, -0.25) is 14.1 Å². The number of phosphoric ester groups is 1. The van der Waals surface area contributed by atoms with E-state index in [-0.39, 0.29) is 12.6 Å². The molecule has 10 heteroatoms. The molecule has 0 aliphatic heterocycles. The number of unbranched alkanes of at least 4 members (excludes halogenated alkanes) is 15. The minimum absolute atomic E-state index is 0.307. The molecule has 0 amide bonds. The number of esters is 1. The third-order valence-electron chi connectivity index (χ3n) is 5.88. The molecule has 0 rings (SSSR count). The van der Waals surface area contributed by atoms with Crippen LogP contribution >= 0.6 is 19.6 Å². The third kappa shape index (κ3) is 28.0. The second kappa shape index (κ2) is 26.0. The van der Waals surface area contributed by atoms with Gasteiger partial charge in [0, 0.05) is 12.2 Å². The Bertz CT molecular complexity index is 558. The van der Waals surface area contributed by atoms with Crippen LogP contribution in [0.4, 0.5) is 0 Å². The minimum Gasteiger partial charge on any atom is -0.468 e. The summed E-state index contributed by atoms with van der Waals surface area (Å²) in [5.74, 6) is 0.977. The molecule has 0 radical (unpaired) electrons. The molecule has 0 heterocycles. The highest BCUT2D eigenvalue weighted by atomic mass is 32.2. The van der Waals surface area contributed by atoms with Crippen molar-refractivity contribution in [3.63, 3.8) is 0 Å². The third-order valence-corrected chi connectivity index (χ3v) is 7.55. The summed E-state index contributed by atoms with van der Waals surface area (Å²) in [6.07, 6.45) is 19.3. The number of hydrogen-bond donors (Lipinski definition) is 2. The zero-order valence-corrected chi connectivity index (χ0v) is 24.1. The standard InChI is InChI=1S/C26H51O8PS/c1-2-3-4-5-6-7-8-9-10-11-13-16-19-26(28)34-25(22-33-35(29,30)31)23-36-21-18-15-12-14-17-20-32-24-27/h24-25H,2-23H2,1H3,(H2,29,30,31)/t25-/m1/s1. The van der Waals surface area contributed by atoms with Gasteiger partial charge in [0.1, 0.15) is 6.10 Å². The first-order valence-electron chi connectivity index (χ1n) is 13.9. The fourth-order valence-corrected chi connectivity index (χ4v) is 5.20. The van der Waals surface area contributed by atoms with Crippen LogP contribution in [0.1, 0.15) is 122 Å². The zero-order chi connectivity index (χ0) is 26.7. The Kier molecular flexibility index (Phi) is 25.6. The first-order valence-corrected chi connectivity index (χ1v) is 16.6. The molecule has 0 bridgehead atoms. The predicted molar refractivity (Wildman–Crippen MR) is 146 cm³/mol. The van der Waals surface area contributed by atoms with Crippen molar-refractivity contribution in [3.05, 3.63) is 0 Å². The summed E-state index contributed by atoms with van der Waals surface area (Å²) in [6, 6.07) is 0. The van der Waals surface area contributed by atoms with E-state index in [0.29, 0.717) is 25.3 Å². The largest absolute Gasteiger partial charge is 0.469 e. The second-order valence-electron chi connectivity index (χ2n) is 9.35. The number of ether oxygens (including phenoxy) is 2. The Balaban J connectivity index is 3.89. The summed E-state index contributed by atoms with van der Waals surface area (Å²) >= 11 is 1.59. The second-order valence-corrected chi connectivity index (χ2v) is 11.7. The predicted octanol–water partition coefficient (Wildman–Crippen LogP) is 6.96. The van der Waals surface area contributed by atoms with E-state index in [1.54, 1.807) is 11.8 Å². The maximum absolute atomic E-state index is 12.2. The highest BCUT2D eigenvalue weighted by molar-refractivity contribution is 7.99. The van der Waals surface area contributed by atoms with Crippen molar-refractivity contribution in [3.8, 4) is 0 Å². The highest BCUT2D eigenvalue weighted by Crippen LogP contribution is 2.36. The number of carbonyl (C=O) groups is 2. The summed E-state index contributed by atoms with van der Waals surface area (Å²) in [5, 5.41) is 0. The molecule has 36 heavy (non-hydrogen) atoms. The average molecular weight is 555 g/mol. The molecule has 2 N–H and O–H groups in total. The fourth-order valence-electron chi connectivity index (χ4n) is 3.83. The van der Waals surface area contributed by atoms with Crippen molar-refractivity contribution in [1.29, 1.82) is 0 Å². The number of thioether (sulfide) groups is 1. The number of phosphoric acid groups is 1. The molecular formula is C26H51O8PS. The van der Waals surface area contributed by atoms with E-state index in [9.17, 15) is 14.2 Å². The van der Waals surface area contributed by atoms with E-state index < -0.39 is 13.9 Å². The fraction of sp³-hybridized carbons (Fsp3) is 0.923. The van der Waals surface area contributed by atoms with Crippen molar-refractivity contribution < 1.29 is 37.9 Å². The minimum atomic E-state index is -4.61. The molecule has 0 aliphatic carbocycles. The average Bonchev–Trinajstić information content (AvgIpc) is 2.83. The molecule has 0 aliphatic rings. The summed E-state index contributed by atoms with van der Waals surface area (Å²) in [5.41, 5.74) is 0. The Morgan fingerprint density at radius 3 is 1.92 bits per heavy atom. The van der Waals surface area contributed by atoms with Crippen molar-refractivity contribution in [2.75, 3.05) is 24.7 Å². The molecule has 0 saturated heterocycles. The molecule has 0 unspecified atom stereocenters. The van der Waals surface area contributed by atoms with Crippen LogP contribution in [0.15, 0.2) is 0 Å². The first kappa shape index (κ1) is 35.4. The summed E-state index contributed by atoms with van der Waals surface area (Å²) in [6.45, 7) is 2.86. The van der Waals surface area contributed by atoms with Gasteiger partial charge in [-0.2, -0.15) is 11.8 Å². The van der Waals surface area contributed by atoms with Crippen LogP contribution in [-0.4, -0.2) is 53.1 Å². The molecule has 8 nitrogen and oxygen atoms in total. The number of carbonyl (C=O) groups excluding carboxylic acids is 2. The lowest BCUT2D eigenvalue weighted by Crippen LogP contribution is -2.25. The van der Waals surface area contributed by atoms with Crippen LogP contribution < -0.4 is 0 Å². The lowest BCUT2D eigenvalue weighted by atomic mass is 10.0. The van der Waals surface area contributed by atoms with Gasteiger partial charge in [0.15, 0.2) is 0 Å². The first-order chi connectivity index (χ1) is 17.4. The summed E-state index contributed by atoms with van der Waals surface area (Å²) in [4.78, 5) is 40.3. The maximum atomic E-state index is 12.2. The van der Waals surface area contributed by atoms with Gasteiger partial charge < -0.3 is 19.3 Å². The molecule has 0 aromatic rings.